The normalized spacial score (nSPS) is 11.2. The fraction of sp³-hybridized carbons (Fsp3) is 0.182. The number of hydrogen-bond acceptors (Lipinski definition) is 6. The highest BCUT2D eigenvalue weighted by Gasteiger charge is 2.19. The molecule has 0 aliphatic rings. The average molecular weight is 427 g/mol. The number of fused-ring (bicyclic) bond motifs is 1. The van der Waals surface area contributed by atoms with Crippen LogP contribution in [0, 0.1) is 6.92 Å². The lowest BCUT2D eigenvalue weighted by Crippen LogP contribution is -2.14. The number of hydrogen-bond donors (Lipinski definition) is 1. The fourth-order valence-electron chi connectivity index (χ4n) is 3.55. The smallest absolute Gasteiger partial charge is 0.263 e. The van der Waals surface area contributed by atoms with Crippen LogP contribution in [0.25, 0.3) is 16.9 Å². The third kappa shape index (κ3) is 3.62. The van der Waals surface area contributed by atoms with Gasteiger partial charge < -0.3 is 0 Å². The molecule has 10 nitrogen and oxygen atoms in total. The Hall–Kier alpha value is -4.34. The molecule has 1 aromatic carbocycles. The zero-order valence-electron chi connectivity index (χ0n) is 17.7. The average Bonchev–Trinajstić information content (AvgIpc) is 3.52. The molecule has 0 aliphatic heterocycles. The largest absolute Gasteiger partial charge is 0.289 e. The predicted octanol–water partition coefficient (Wildman–Crippen LogP) is 2.81. The molecule has 0 fully saturated rings. The molecule has 4 aromatic heterocycles. The molecule has 32 heavy (non-hydrogen) atoms. The number of carbonyl (C=O) groups is 1. The minimum absolute atomic E-state index is 0.224. The highest BCUT2D eigenvalue weighted by atomic mass is 16.1. The third-order valence-corrected chi connectivity index (χ3v) is 5.14. The number of aryl methyl sites for hydroxylation is 2. The van der Waals surface area contributed by atoms with Crippen LogP contribution >= 0.6 is 0 Å². The maximum absolute atomic E-state index is 12.9. The molecule has 1 amide bonds. The molecule has 160 valence electrons. The SMILES string of the molecule is CCn1cc(-c2ccnc3c(C(=O)Nc4ncn(Cc5ccccc5)n4)cnn23)c(C)n1. The second-order valence-electron chi connectivity index (χ2n) is 7.31. The molecule has 1 N–H and O–H groups in total. The molecule has 4 heterocycles. The first-order valence-electron chi connectivity index (χ1n) is 10.2. The van der Waals surface area contributed by atoms with Crippen LogP contribution in [-0.4, -0.2) is 45.1 Å². The number of aromatic nitrogens is 8. The van der Waals surface area contributed by atoms with Crippen molar-refractivity contribution in [1.82, 2.24) is 39.1 Å². The lowest BCUT2D eigenvalue weighted by atomic mass is 10.2. The van der Waals surface area contributed by atoms with Crippen LogP contribution in [-0.2, 0) is 13.1 Å². The first kappa shape index (κ1) is 19.6. The maximum atomic E-state index is 12.9. The second kappa shape index (κ2) is 8.06. The monoisotopic (exact) mass is 427 g/mol. The van der Waals surface area contributed by atoms with Gasteiger partial charge in [0.2, 0.25) is 5.95 Å². The third-order valence-electron chi connectivity index (χ3n) is 5.14. The quantitative estimate of drug-likeness (QED) is 0.446. The van der Waals surface area contributed by atoms with E-state index in [-0.39, 0.29) is 11.9 Å². The Labute approximate surface area is 183 Å². The fourth-order valence-corrected chi connectivity index (χ4v) is 3.55. The standard InChI is InChI=1S/C22H21N9O/c1-3-29-13-18(15(2)27-29)19-9-10-23-20-17(11-25-31(19)20)21(32)26-22-24-14-30(28-22)12-16-7-5-4-6-8-16/h4-11,13-14H,3,12H2,1-2H3,(H,26,28,32). The van der Waals surface area contributed by atoms with E-state index in [1.165, 1.54) is 6.20 Å². The first-order chi connectivity index (χ1) is 15.6. The van der Waals surface area contributed by atoms with Gasteiger partial charge in [-0.05, 0) is 25.5 Å². The van der Waals surface area contributed by atoms with E-state index in [9.17, 15) is 4.79 Å². The summed E-state index contributed by atoms with van der Waals surface area (Å²) in [6.45, 7) is 5.31. The van der Waals surface area contributed by atoms with E-state index in [1.54, 1.807) is 21.7 Å². The Morgan fingerprint density at radius 2 is 1.91 bits per heavy atom. The van der Waals surface area contributed by atoms with Crippen molar-refractivity contribution < 1.29 is 4.79 Å². The second-order valence-corrected chi connectivity index (χ2v) is 7.31. The Bertz CT molecular complexity index is 1400. The molecular weight excluding hydrogens is 406 g/mol. The van der Waals surface area contributed by atoms with E-state index in [1.807, 2.05) is 61.1 Å². The van der Waals surface area contributed by atoms with E-state index >= 15 is 0 Å². The summed E-state index contributed by atoms with van der Waals surface area (Å²) < 4.78 is 5.19. The number of anilines is 1. The molecule has 0 atom stereocenters. The summed E-state index contributed by atoms with van der Waals surface area (Å²) in [5.74, 6) is -0.149. The molecular formula is C22H21N9O. The van der Waals surface area contributed by atoms with Crippen molar-refractivity contribution in [3.8, 4) is 11.3 Å². The molecule has 10 heteroatoms. The van der Waals surface area contributed by atoms with Crippen molar-refractivity contribution in [2.45, 2.75) is 26.9 Å². The van der Waals surface area contributed by atoms with Crippen LogP contribution in [0.2, 0.25) is 0 Å². The summed E-state index contributed by atoms with van der Waals surface area (Å²) in [6.07, 6.45) is 6.72. The van der Waals surface area contributed by atoms with Gasteiger partial charge in [0.1, 0.15) is 11.9 Å². The summed E-state index contributed by atoms with van der Waals surface area (Å²) in [5, 5.41) is 16.0. The molecule has 0 spiro atoms. The summed E-state index contributed by atoms with van der Waals surface area (Å²) in [5.41, 5.74) is 4.52. The molecule has 0 radical (unpaired) electrons. The van der Waals surface area contributed by atoms with Crippen molar-refractivity contribution in [3.05, 3.63) is 78.1 Å². The van der Waals surface area contributed by atoms with E-state index in [2.05, 4.69) is 30.6 Å². The van der Waals surface area contributed by atoms with Crippen molar-refractivity contribution in [2.24, 2.45) is 0 Å². The van der Waals surface area contributed by atoms with Gasteiger partial charge >= 0.3 is 0 Å². The molecule has 0 saturated heterocycles. The van der Waals surface area contributed by atoms with Gasteiger partial charge in [0.15, 0.2) is 5.65 Å². The zero-order valence-corrected chi connectivity index (χ0v) is 17.7. The molecule has 0 saturated carbocycles. The number of benzene rings is 1. The Kier molecular flexibility index (Phi) is 4.94. The summed E-state index contributed by atoms with van der Waals surface area (Å²) in [6, 6.07) is 11.8. The van der Waals surface area contributed by atoms with Crippen molar-refractivity contribution in [1.29, 1.82) is 0 Å². The molecule has 5 aromatic rings. The number of carbonyl (C=O) groups excluding carboxylic acids is 1. The number of nitrogens with zero attached hydrogens (tertiary/aromatic N) is 8. The Morgan fingerprint density at radius 3 is 2.69 bits per heavy atom. The Balaban J connectivity index is 1.39. The molecule has 5 rings (SSSR count). The van der Waals surface area contributed by atoms with Gasteiger partial charge in [-0.2, -0.15) is 10.2 Å². The molecule has 0 bridgehead atoms. The van der Waals surface area contributed by atoms with Gasteiger partial charge in [-0.25, -0.2) is 19.2 Å². The minimum atomic E-state index is -0.372. The van der Waals surface area contributed by atoms with Crippen LogP contribution in [0.4, 0.5) is 5.95 Å². The summed E-state index contributed by atoms with van der Waals surface area (Å²) >= 11 is 0. The lowest BCUT2D eigenvalue weighted by molar-refractivity contribution is 0.102. The van der Waals surface area contributed by atoms with Crippen molar-refractivity contribution in [2.75, 3.05) is 5.32 Å². The van der Waals surface area contributed by atoms with Gasteiger partial charge in [-0.15, -0.1) is 5.10 Å². The summed E-state index contributed by atoms with van der Waals surface area (Å²) in [4.78, 5) is 21.5. The number of rotatable bonds is 6. The van der Waals surface area contributed by atoms with Gasteiger partial charge in [0.25, 0.3) is 5.91 Å². The maximum Gasteiger partial charge on any atom is 0.263 e. The van der Waals surface area contributed by atoms with Gasteiger partial charge in [-0.3, -0.25) is 14.8 Å². The topological polar surface area (TPSA) is 108 Å². The van der Waals surface area contributed by atoms with E-state index < -0.39 is 0 Å². The van der Waals surface area contributed by atoms with Crippen LogP contribution < -0.4 is 5.32 Å². The van der Waals surface area contributed by atoms with E-state index in [0.29, 0.717) is 17.8 Å². The summed E-state index contributed by atoms with van der Waals surface area (Å²) in [7, 11) is 0. The van der Waals surface area contributed by atoms with Crippen molar-refractivity contribution in [3.63, 3.8) is 0 Å². The van der Waals surface area contributed by atoms with Crippen LogP contribution in [0.5, 0.6) is 0 Å². The van der Waals surface area contributed by atoms with Gasteiger partial charge in [0.05, 0.1) is 24.1 Å². The Morgan fingerprint density at radius 1 is 1.06 bits per heavy atom. The minimum Gasteiger partial charge on any atom is -0.289 e. The van der Waals surface area contributed by atoms with Crippen molar-refractivity contribution >= 4 is 17.5 Å². The zero-order chi connectivity index (χ0) is 22.1. The van der Waals surface area contributed by atoms with Gasteiger partial charge in [-0.1, -0.05) is 30.3 Å². The van der Waals surface area contributed by atoms with Crippen LogP contribution in [0.1, 0.15) is 28.5 Å². The molecule has 0 aliphatic carbocycles. The number of amides is 1. The van der Waals surface area contributed by atoms with Crippen LogP contribution in [0.3, 0.4) is 0 Å². The lowest BCUT2D eigenvalue weighted by Gasteiger charge is -2.04. The predicted molar refractivity (Wildman–Crippen MR) is 118 cm³/mol. The highest BCUT2D eigenvalue weighted by Crippen LogP contribution is 2.24. The highest BCUT2D eigenvalue weighted by molar-refractivity contribution is 6.07. The van der Waals surface area contributed by atoms with Crippen LogP contribution in [0.15, 0.2) is 61.3 Å². The first-order valence-corrected chi connectivity index (χ1v) is 10.2. The van der Waals surface area contributed by atoms with Gasteiger partial charge in [0, 0.05) is 24.5 Å². The van der Waals surface area contributed by atoms with E-state index in [0.717, 1.165) is 29.1 Å². The number of nitrogens with one attached hydrogen (secondary N) is 1. The van der Waals surface area contributed by atoms with E-state index in [4.69, 9.17) is 0 Å². The molecule has 0 unspecified atom stereocenters.